The SMILES string of the molecule is CCNC(=NCc1ccccc1)NCc1cc(C(C)C)no1.I. The Morgan fingerprint density at radius 3 is 2.57 bits per heavy atom. The summed E-state index contributed by atoms with van der Waals surface area (Å²) < 4.78 is 5.32. The van der Waals surface area contributed by atoms with Gasteiger partial charge < -0.3 is 15.2 Å². The molecule has 1 heterocycles. The van der Waals surface area contributed by atoms with E-state index >= 15 is 0 Å². The fourth-order valence-corrected chi connectivity index (χ4v) is 1.95. The number of halogens is 1. The Balaban J connectivity index is 0.00000264. The van der Waals surface area contributed by atoms with Crippen LogP contribution in [-0.2, 0) is 13.1 Å². The van der Waals surface area contributed by atoms with Gasteiger partial charge in [-0.05, 0) is 18.4 Å². The largest absolute Gasteiger partial charge is 0.359 e. The summed E-state index contributed by atoms with van der Waals surface area (Å²) in [7, 11) is 0. The Morgan fingerprint density at radius 1 is 1.22 bits per heavy atom. The summed E-state index contributed by atoms with van der Waals surface area (Å²) in [5, 5.41) is 10.6. The maximum Gasteiger partial charge on any atom is 0.191 e. The van der Waals surface area contributed by atoms with Crippen molar-refractivity contribution in [1.82, 2.24) is 15.8 Å². The Labute approximate surface area is 155 Å². The van der Waals surface area contributed by atoms with Gasteiger partial charge in [-0.2, -0.15) is 0 Å². The summed E-state index contributed by atoms with van der Waals surface area (Å²) in [5.74, 6) is 1.96. The number of nitrogens with zero attached hydrogens (tertiary/aromatic N) is 2. The molecule has 0 fully saturated rings. The predicted octanol–water partition coefficient (Wildman–Crippen LogP) is 3.67. The molecule has 23 heavy (non-hydrogen) atoms. The smallest absolute Gasteiger partial charge is 0.191 e. The van der Waals surface area contributed by atoms with Crippen molar-refractivity contribution in [1.29, 1.82) is 0 Å². The maximum absolute atomic E-state index is 5.32. The van der Waals surface area contributed by atoms with E-state index in [-0.39, 0.29) is 24.0 Å². The third-order valence-electron chi connectivity index (χ3n) is 3.21. The number of hydrogen-bond donors (Lipinski definition) is 2. The monoisotopic (exact) mass is 428 g/mol. The second kappa shape index (κ2) is 10.3. The molecule has 0 saturated heterocycles. The Hall–Kier alpha value is -1.57. The van der Waals surface area contributed by atoms with Crippen LogP contribution in [0.2, 0.25) is 0 Å². The van der Waals surface area contributed by atoms with Crippen molar-refractivity contribution in [3.05, 3.63) is 53.4 Å². The third kappa shape index (κ3) is 6.60. The van der Waals surface area contributed by atoms with Crippen molar-refractivity contribution in [2.24, 2.45) is 4.99 Å². The summed E-state index contributed by atoms with van der Waals surface area (Å²) in [6.45, 7) is 8.27. The quantitative estimate of drug-likeness (QED) is 0.419. The highest BCUT2D eigenvalue weighted by molar-refractivity contribution is 14.0. The van der Waals surface area contributed by atoms with Crippen molar-refractivity contribution in [3.63, 3.8) is 0 Å². The highest BCUT2D eigenvalue weighted by Crippen LogP contribution is 2.13. The molecular formula is C17H25IN4O. The maximum atomic E-state index is 5.32. The molecule has 0 bridgehead atoms. The molecule has 1 aromatic heterocycles. The van der Waals surface area contributed by atoms with Gasteiger partial charge >= 0.3 is 0 Å². The average molecular weight is 428 g/mol. The molecule has 1 aromatic carbocycles. The number of rotatable bonds is 6. The minimum atomic E-state index is 0. The van der Waals surface area contributed by atoms with Crippen molar-refractivity contribution >= 4 is 29.9 Å². The van der Waals surface area contributed by atoms with Gasteiger partial charge in [-0.3, -0.25) is 0 Å². The molecule has 0 atom stereocenters. The first-order chi connectivity index (χ1) is 10.7. The first-order valence-corrected chi connectivity index (χ1v) is 7.70. The van der Waals surface area contributed by atoms with Gasteiger partial charge in [0.2, 0.25) is 0 Å². The van der Waals surface area contributed by atoms with Crippen LogP contribution in [-0.4, -0.2) is 17.7 Å². The van der Waals surface area contributed by atoms with E-state index in [1.165, 1.54) is 5.56 Å². The van der Waals surface area contributed by atoms with Crippen LogP contribution in [0, 0.1) is 0 Å². The van der Waals surface area contributed by atoms with Gasteiger partial charge in [0.1, 0.15) is 0 Å². The first-order valence-electron chi connectivity index (χ1n) is 7.70. The third-order valence-corrected chi connectivity index (χ3v) is 3.21. The van der Waals surface area contributed by atoms with Crippen molar-refractivity contribution < 1.29 is 4.52 Å². The van der Waals surface area contributed by atoms with Crippen LogP contribution in [0.5, 0.6) is 0 Å². The summed E-state index contributed by atoms with van der Waals surface area (Å²) in [4.78, 5) is 4.57. The van der Waals surface area contributed by atoms with Crippen LogP contribution in [0.15, 0.2) is 45.9 Å². The molecule has 126 valence electrons. The summed E-state index contributed by atoms with van der Waals surface area (Å²) >= 11 is 0. The second-order valence-electron chi connectivity index (χ2n) is 5.41. The molecule has 2 aromatic rings. The van der Waals surface area contributed by atoms with Crippen LogP contribution in [0.3, 0.4) is 0 Å². The van der Waals surface area contributed by atoms with Gasteiger partial charge in [0.15, 0.2) is 11.7 Å². The second-order valence-corrected chi connectivity index (χ2v) is 5.41. The first kappa shape index (κ1) is 19.5. The Kier molecular flexibility index (Phi) is 8.68. The van der Waals surface area contributed by atoms with Gasteiger partial charge in [-0.15, -0.1) is 24.0 Å². The van der Waals surface area contributed by atoms with Gasteiger partial charge in [-0.25, -0.2) is 4.99 Å². The minimum Gasteiger partial charge on any atom is -0.359 e. The lowest BCUT2D eigenvalue weighted by atomic mass is 10.1. The zero-order valence-corrected chi connectivity index (χ0v) is 16.2. The average Bonchev–Trinajstić information content (AvgIpc) is 3.00. The van der Waals surface area contributed by atoms with Gasteiger partial charge in [0.25, 0.3) is 0 Å². The van der Waals surface area contributed by atoms with Crippen LogP contribution in [0.1, 0.15) is 43.7 Å². The van der Waals surface area contributed by atoms with E-state index in [1.807, 2.05) is 31.2 Å². The number of aromatic nitrogens is 1. The fourth-order valence-electron chi connectivity index (χ4n) is 1.95. The zero-order chi connectivity index (χ0) is 15.8. The van der Waals surface area contributed by atoms with E-state index in [2.05, 4.69) is 46.8 Å². The lowest BCUT2D eigenvalue weighted by Crippen LogP contribution is -2.36. The van der Waals surface area contributed by atoms with Gasteiger partial charge in [-0.1, -0.05) is 49.3 Å². The van der Waals surface area contributed by atoms with E-state index in [0.717, 1.165) is 24.0 Å². The highest BCUT2D eigenvalue weighted by Gasteiger charge is 2.08. The zero-order valence-electron chi connectivity index (χ0n) is 13.9. The number of benzene rings is 1. The molecule has 0 aliphatic carbocycles. The van der Waals surface area contributed by atoms with Crippen molar-refractivity contribution in [3.8, 4) is 0 Å². The number of hydrogen-bond acceptors (Lipinski definition) is 3. The van der Waals surface area contributed by atoms with Crippen molar-refractivity contribution in [2.45, 2.75) is 39.8 Å². The predicted molar refractivity (Wildman–Crippen MR) is 104 cm³/mol. The Morgan fingerprint density at radius 2 is 1.96 bits per heavy atom. The fraction of sp³-hybridized carbons (Fsp3) is 0.412. The number of nitrogens with one attached hydrogen (secondary N) is 2. The molecule has 0 unspecified atom stereocenters. The van der Waals surface area contributed by atoms with Crippen LogP contribution < -0.4 is 10.6 Å². The minimum absolute atomic E-state index is 0. The Bertz CT molecular complexity index is 596. The number of guanidine groups is 1. The molecule has 0 radical (unpaired) electrons. The van der Waals surface area contributed by atoms with Crippen molar-refractivity contribution in [2.75, 3.05) is 6.54 Å². The summed E-state index contributed by atoms with van der Waals surface area (Å²) in [6, 6.07) is 12.2. The molecule has 0 aliphatic rings. The molecule has 6 heteroatoms. The van der Waals surface area contributed by atoms with E-state index in [0.29, 0.717) is 19.0 Å². The normalized spacial score (nSPS) is 11.2. The standard InChI is InChI=1S/C17H24N4O.HI/c1-4-18-17(19-11-14-8-6-5-7-9-14)20-12-15-10-16(13(2)3)21-22-15;/h5-10,13H,4,11-12H2,1-3H3,(H2,18,19,20);1H. The molecule has 5 nitrogen and oxygen atoms in total. The van der Waals surface area contributed by atoms with Crippen LogP contribution in [0.25, 0.3) is 0 Å². The number of aliphatic imine (C=N–C) groups is 1. The molecule has 0 amide bonds. The van der Waals surface area contributed by atoms with E-state index in [4.69, 9.17) is 4.52 Å². The molecule has 0 aliphatic heterocycles. The van der Waals surface area contributed by atoms with Crippen LogP contribution in [0.4, 0.5) is 0 Å². The highest BCUT2D eigenvalue weighted by atomic mass is 127. The summed E-state index contributed by atoms with van der Waals surface area (Å²) in [6.07, 6.45) is 0. The summed E-state index contributed by atoms with van der Waals surface area (Å²) in [5.41, 5.74) is 2.16. The molecule has 2 rings (SSSR count). The van der Waals surface area contributed by atoms with Gasteiger partial charge in [0.05, 0.1) is 18.8 Å². The van der Waals surface area contributed by atoms with Gasteiger partial charge in [0, 0.05) is 12.6 Å². The topological polar surface area (TPSA) is 62.5 Å². The van der Waals surface area contributed by atoms with E-state index in [1.54, 1.807) is 0 Å². The lowest BCUT2D eigenvalue weighted by Gasteiger charge is -2.09. The lowest BCUT2D eigenvalue weighted by molar-refractivity contribution is 0.372. The van der Waals surface area contributed by atoms with E-state index < -0.39 is 0 Å². The molecule has 0 spiro atoms. The molecular weight excluding hydrogens is 403 g/mol. The van der Waals surface area contributed by atoms with E-state index in [9.17, 15) is 0 Å². The van der Waals surface area contributed by atoms with Crippen LogP contribution >= 0.6 is 24.0 Å². The molecule has 2 N–H and O–H groups in total. The molecule has 0 saturated carbocycles.